The number of carbonyl (C=O) groups excluding carboxylic acids is 2. The minimum atomic E-state index is -1.46. The van der Waals surface area contributed by atoms with Gasteiger partial charge >= 0.3 is 5.97 Å². The summed E-state index contributed by atoms with van der Waals surface area (Å²) in [7, 11) is 0. The Morgan fingerprint density at radius 1 is 1.09 bits per heavy atom. The smallest absolute Gasteiger partial charge is 0.340 e. The maximum Gasteiger partial charge on any atom is 0.340 e. The zero-order valence-corrected chi connectivity index (χ0v) is 12.4. The van der Waals surface area contributed by atoms with Crippen LogP contribution in [0.4, 0.5) is 10.1 Å². The molecule has 0 heterocycles. The Hall–Kier alpha value is -2.73. The van der Waals surface area contributed by atoms with E-state index in [2.05, 4.69) is 5.32 Å². The lowest BCUT2D eigenvalue weighted by Crippen LogP contribution is -2.31. The minimum absolute atomic E-state index is 0.378. The van der Waals surface area contributed by atoms with Crippen molar-refractivity contribution in [2.75, 3.05) is 5.32 Å². The van der Waals surface area contributed by atoms with E-state index in [1.54, 1.807) is 30.3 Å². The van der Waals surface area contributed by atoms with Crippen LogP contribution in [-0.2, 0) is 14.3 Å². The van der Waals surface area contributed by atoms with Gasteiger partial charge in [-0.3, -0.25) is 4.79 Å². The normalized spacial score (nSPS) is 13.0. The average Bonchev–Trinajstić information content (AvgIpc) is 2.56. The number of benzene rings is 2. The summed E-state index contributed by atoms with van der Waals surface area (Å²) in [6.45, 7) is 1.38. The summed E-state index contributed by atoms with van der Waals surface area (Å²) in [5, 5.41) is 12.4. The number of rotatable bonds is 5. The van der Waals surface area contributed by atoms with Crippen LogP contribution < -0.4 is 5.32 Å². The van der Waals surface area contributed by atoms with E-state index in [9.17, 15) is 19.1 Å². The van der Waals surface area contributed by atoms with Gasteiger partial charge in [0, 0.05) is 5.69 Å². The van der Waals surface area contributed by atoms with Crippen molar-refractivity contribution in [3.63, 3.8) is 0 Å². The maximum absolute atomic E-state index is 12.8. The lowest BCUT2D eigenvalue weighted by atomic mass is 10.1. The van der Waals surface area contributed by atoms with Crippen LogP contribution in [0.15, 0.2) is 54.6 Å². The summed E-state index contributed by atoms with van der Waals surface area (Å²) in [5.74, 6) is -1.92. The number of nitrogens with one attached hydrogen (secondary N) is 1. The fourth-order valence-corrected chi connectivity index (χ4v) is 1.84. The second-order valence-electron chi connectivity index (χ2n) is 4.89. The van der Waals surface area contributed by atoms with Gasteiger partial charge in [0.25, 0.3) is 5.91 Å². The molecule has 0 saturated heterocycles. The second-order valence-corrected chi connectivity index (χ2v) is 4.89. The van der Waals surface area contributed by atoms with Crippen molar-refractivity contribution in [2.45, 2.75) is 19.1 Å². The standard InChI is InChI=1S/C17H16FNO4/c1-11(16(21)19-14-9-7-13(18)8-10-14)23-17(22)15(20)12-5-3-2-4-6-12/h2-11,15,20H,1H3,(H,19,21)/t11-,15-/m1/s1. The largest absolute Gasteiger partial charge is 0.450 e. The highest BCUT2D eigenvalue weighted by molar-refractivity contribution is 5.95. The van der Waals surface area contributed by atoms with Gasteiger partial charge in [-0.15, -0.1) is 0 Å². The van der Waals surface area contributed by atoms with E-state index in [0.29, 0.717) is 11.3 Å². The van der Waals surface area contributed by atoms with Crippen LogP contribution in [0.5, 0.6) is 0 Å². The van der Waals surface area contributed by atoms with E-state index in [0.717, 1.165) is 0 Å². The van der Waals surface area contributed by atoms with Gasteiger partial charge in [0.15, 0.2) is 12.2 Å². The van der Waals surface area contributed by atoms with E-state index >= 15 is 0 Å². The molecule has 0 spiro atoms. The predicted octanol–water partition coefficient (Wildman–Crippen LogP) is 2.43. The first-order chi connectivity index (χ1) is 11.0. The Bertz CT molecular complexity index is 673. The fraction of sp³-hybridized carbons (Fsp3) is 0.176. The molecule has 1 amide bonds. The molecule has 0 saturated carbocycles. The number of ether oxygens (including phenoxy) is 1. The zero-order valence-electron chi connectivity index (χ0n) is 12.4. The molecule has 2 aromatic rings. The number of carbonyl (C=O) groups is 2. The number of hydrogen-bond acceptors (Lipinski definition) is 4. The number of hydrogen-bond donors (Lipinski definition) is 2. The number of aliphatic hydroxyl groups excluding tert-OH is 1. The molecule has 5 nitrogen and oxygen atoms in total. The van der Waals surface area contributed by atoms with Crippen LogP contribution in [-0.4, -0.2) is 23.1 Å². The van der Waals surface area contributed by atoms with Crippen molar-refractivity contribution in [1.29, 1.82) is 0 Å². The van der Waals surface area contributed by atoms with Crippen molar-refractivity contribution in [2.24, 2.45) is 0 Å². The molecule has 2 aromatic carbocycles. The van der Waals surface area contributed by atoms with Gasteiger partial charge < -0.3 is 15.2 Å². The van der Waals surface area contributed by atoms with E-state index < -0.39 is 29.9 Å². The van der Waals surface area contributed by atoms with Crippen LogP contribution in [0, 0.1) is 5.82 Å². The van der Waals surface area contributed by atoms with Gasteiger partial charge in [0.1, 0.15) is 5.82 Å². The molecular weight excluding hydrogens is 301 g/mol. The van der Waals surface area contributed by atoms with Crippen molar-refractivity contribution in [1.82, 2.24) is 0 Å². The first-order valence-corrected chi connectivity index (χ1v) is 6.97. The monoisotopic (exact) mass is 317 g/mol. The molecule has 0 aliphatic rings. The Balaban J connectivity index is 1.92. The van der Waals surface area contributed by atoms with E-state index in [-0.39, 0.29) is 0 Å². The lowest BCUT2D eigenvalue weighted by Gasteiger charge is -2.16. The highest BCUT2D eigenvalue weighted by atomic mass is 19.1. The summed E-state index contributed by atoms with van der Waals surface area (Å²) in [6.07, 6.45) is -2.57. The highest BCUT2D eigenvalue weighted by Crippen LogP contribution is 2.15. The molecule has 2 rings (SSSR count). The van der Waals surface area contributed by atoms with Crippen molar-refractivity contribution in [3.8, 4) is 0 Å². The SMILES string of the molecule is C[C@@H](OC(=O)[C@H](O)c1ccccc1)C(=O)Nc1ccc(F)cc1. The van der Waals surface area contributed by atoms with Crippen molar-refractivity contribution >= 4 is 17.6 Å². The summed E-state index contributed by atoms with van der Waals surface area (Å²) in [5.41, 5.74) is 0.756. The Kier molecular flexibility index (Phi) is 5.43. The van der Waals surface area contributed by atoms with Crippen LogP contribution >= 0.6 is 0 Å². The van der Waals surface area contributed by atoms with Crippen LogP contribution in [0.1, 0.15) is 18.6 Å². The molecule has 0 aromatic heterocycles. The molecule has 0 aliphatic carbocycles. The van der Waals surface area contributed by atoms with Crippen molar-refractivity contribution < 1.29 is 23.8 Å². The predicted molar refractivity (Wildman–Crippen MR) is 82.0 cm³/mol. The summed E-state index contributed by atoms with van der Waals surface area (Å²) < 4.78 is 17.7. The third kappa shape index (κ3) is 4.62. The molecule has 0 fully saturated rings. The highest BCUT2D eigenvalue weighted by Gasteiger charge is 2.24. The second kappa shape index (κ2) is 7.51. The Morgan fingerprint density at radius 3 is 2.30 bits per heavy atom. The molecule has 0 unspecified atom stereocenters. The van der Waals surface area contributed by atoms with Crippen LogP contribution in [0.2, 0.25) is 0 Å². The third-order valence-electron chi connectivity index (χ3n) is 3.11. The number of anilines is 1. The molecule has 120 valence electrons. The third-order valence-corrected chi connectivity index (χ3v) is 3.11. The first-order valence-electron chi connectivity index (χ1n) is 6.97. The fourth-order valence-electron chi connectivity index (χ4n) is 1.84. The molecule has 0 aliphatic heterocycles. The van der Waals surface area contributed by atoms with E-state index in [4.69, 9.17) is 4.74 Å². The van der Waals surface area contributed by atoms with Crippen LogP contribution in [0.25, 0.3) is 0 Å². The summed E-state index contributed by atoms with van der Waals surface area (Å²) in [4.78, 5) is 23.8. The number of esters is 1. The average molecular weight is 317 g/mol. The molecule has 0 bridgehead atoms. The quantitative estimate of drug-likeness (QED) is 0.831. The topological polar surface area (TPSA) is 75.6 Å². The number of aliphatic hydroxyl groups is 1. The molecule has 6 heteroatoms. The Morgan fingerprint density at radius 2 is 1.70 bits per heavy atom. The summed E-state index contributed by atoms with van der Waals surface area (Å²) in [6, 6.07) is 13.4. The summed E-state index contributed by atoms with van der Waals surface area (Å²) >= 11 is 0. The van der Waals surface area contributed by atoms with Gasteiger partial charge in [0.2, 0.25) is 0 Å². The number of halogens is 1. The van der Waals surface area contributed by atoms with E-state index in [1.807, 2.05) is 0 Å². The maximum atomic E-state index is 12.8. The zero-order chi connectivity index (χ0) is 16.8. The van der Waals surface area contributed by atoms with Gasteiger partial charge in [-0.1, -0.05) is 30.3 Å². The first kappa shape index (κ1) is 16.6. The van der Waals surface area contributed by atoms with Gasteiger partial charge in [-0.05, 0) is 36.8 Å². The van der Waals surface area contributed by atoms with Crippen molar-refractivity contribution in [3.05, 3.63) is 66.0 Å². The van der Waals surface area contributed by atoms with Gasteiger partial charge in [-0.2, -0.15) is 0 Å². The van der Waals surface area contributed by atoms with Crippen LogP contribution in [0.3, 0.4) is 0 Å². The minimum Gasteiger partial charge on any atom is -0.450 e. The lowest BCUT2D eigenvalue weighted by molar-refractivity contribution is -0.162. The van der Waals surface area contributed by atoms with Gasteiger partial charge in [0.05, 0.1) is 0 Å². The Labute approximate surface area is 132 Å². The number of amides is 1. The molecule has 0 radical (unpaired) electrons. The molecule has 2 atom stereocenters. The van der Waals surface area contributed by atoms with E-state index in [1.165, 1.54) is 31.2 Å². The molecule has 2 N–H and O–H groups in total. The molecular formula is C17H16FNO4. The molecule has 23 heavy (non-hydrogen) atoms. The van der Waals surface area contributed by atoms with Gasteiger partial charge in [-0.25, -0.2) is 9.18 Å².